The van der Waals surface area contributed by atoms with Crippen molar-refractivity contribution >= 4 is 5.97 Å². The lowest BCUT2D eigenvalue weighted by molar-refractivity contribution is -0.147. The van der Waals surface area contributed by atoms with E-state index in [4.69, 9.17) is 0 Å². The predicted octanol–water partition coefficient (Wildman–Crippen LogP) is 3.06. The molecule has 0 aromatic heterocycles. The fourth-order valence-electron chi connectivity index (χ4n) is 5.02. The maximum atomic E-state index is 11.3. The number of nitriles is 1. The Hall–Kier alpha value is -1.04. The Morgan fingerprint density at radius 3 is 2.11 bits per heavy atom. The van der Waals surface area contributed by atoms with Gasteiger partial charge >= 0.3 is 5.97 Å². The van der Waals surface area contributed by atoms with E-state index in [0.717, 1.165) is 11.8 Å². The van der Waals surface area contributed by atoms with Crippen LogP contribution in [0.1, 0.15) is 45.4 Å². The average molecular weight is 247 g/mol. The first-order chi connectivity index (χ1) is 8.51. The molecule has 4 rings (SSSR count). The summed E-state index contributed by atoms with van der Waals surface area (Å²) in [5.74, 6) is 2.75. The second-order valence-corrected chi connectivity index (χ2v) is 7.05. The van der Waals surface area contributed by atoms with Crippen molar-refractivity contribution in [1.29, 1.82) is 5.26 Å². The van der Waals surface area contributed by atoms with Gasteiger partial charge in [-0.3, -0.25) is 4.79 Å². The fourth-order valence-corrected chi connectivity index (χ4v) is 5.02. The third kappa shape index (κ3) is 1.74. The van der Waals surface area contributed by atoms with E-state index in [1.807, 2.05) is 6.07 Å². The second kappa shape index (κ2) is 3.98. The van der Waals surface area contributed by atoms with Crippen LogP contribution in [0.15, 0.2) is 0 Å². The number of hydrogen-bond acceptors (Lipinski definition) is 2. The monoisotopic (exact) mass is 247 g/mol. The number of rotatable bonds is 3. The van der Waals surface area contributed by atoms with Crippen molar-refractivity contribution in [2.75, 3.05) is 0 Å². The molecule has 4 saturated carbocycles. The van der Waals surface area contributed by atoms with Gasteiger partial charge in [0.25, 0.3) is 0 Å². The Bertz CT molecular complexity index is 383. The lowest BCUT2D eigenvalue weighted by atomic mass is 9.50. The predicted molar refractivity (Wildman–Crippen MR) is 66.5 cm³/mol. The molecule has 1 unspecified atom stereocenters. The molecular formula is C15H21NO2. The number of aliphatic carboxylic acids is 1. The zero-order valence-corrected chi connectivity index (χ0v) is 10.9. The first-order valence-electron chi connectivity index (χ1n) is 7.16. The number of nitrogens with zero attached hydrogens (tertiary/aromatic N) is 1. The van der Waals surface area contributed by atoms with Crippen molar-refractivity contribution in [2.45, 2.75) is 45.4 Å². The molecule has 0 aromatic carbocycles. The first-order valence-corrected chi connectivity index (χ1v) is 7.16. The zero-order chi connectivity index (χ0) is 12.9. The highest BCUT2D eigenvalue weighted by Crippen LogP contribution is 2.58. The molecule has 0 aromatic rings. The molecule has 0 aliphatic heterocycles. The summed E-state index contributed by atoms with van der Waals surface area (Å²) in [4.78, 5) is 11.3. The number of hydrogen-bond donors (Lipinski definition) is 1. The minimum atomic E-state index is -1.18. The summed E-state index contributed by atoms with van der Waals surface area (Å²) in [6.45, 7) is 1.60. The first kappa shape index (κ1) is 12.0. The van der Waals surface area contributed by atoms with Crippen LogP contribution in [-0.4, -0.2) is 11.1 Å². The summed E-state index contributed by atoms with van der Waals surface area (Å²) in [7, 11) is 0. The van der Waals surface area contributed by atoms with Gasteiger partial charge in [0.1, 0.15) is 0 Å². The average Bonchev–Trinajstić information content (AvgIpc) is 2.32. The van der Waals surface area contributed by atoms with E-state index < -0.39 is 11.4 Å². The quantitative estimate of drug-likeness (QED) is 0.833. The van der Waals surface area contributed by atoms with E-state index in [1.54, 1.807) is 6.92 Å². The third-order valence-corrected chi connectivity index (χ3v) is 5.78. The summed E-state index contributed by atoms with van der Waals surface area (Å²) in [5.41, 5.74) is -1.18. The summed E-state index contributed by atoms with van der Waals surface area (Å²) < 4.78 is 0. The molecule has 1 N–H and O–H groups in total. The van der Waals surface area contributed by atoms with Crippen LogP contribution in [0.2, 0.25) is 0 Å². The molecule has 0 spiro atoms. The Morgan fingerprint density at radius 2 is 1.72 bits per heavy atom. The molecule has 3 heteroatoms. The number of carboxylic acid groups (broad SMARTS) is 1. The highest BCUT2D eigenvalue weighted by Gasteiger charge is 2.51. The van der Waals surface area contributed by atoms with Gasteiger partial charge in [0.05, 0.1) is 6.07 Å². The van der Waals surface area contributed by atoms with E-state index in [0.29, 0.717) is 24.2 Å². The lowest BCUT2D eigenvalue weighted by Gasteiger charge is -2.55. The summed E-state index contributed by atoms with van der Waals surface area (Å²) in [6.07, 6.45) is 7.14. The highest BCUT2D eigenvalue weighted by atomic mass is 16.4. The SMILES string of the molecule is CC(C#N)(CC1C2CC3CC(C2)CC1C3)C(=O)O. The van der Waals surface area contributed by atoms with Gasteiger partial charge in [0, 0.05) is 0 Å². The molecule has 98 valence electrons. The summed E-state index contributed by atoms with van der Waals surface area (Å²) in [5, 5.41) is 18.4. The molecule has 3 nitrogen and oxygen atoms in total. The topological polar surface area (TPSA) is 61.1 Å². The molecule has 4 bridgehead atoms. The van der Waals surface area contributed by atoms with Crippen molar-refractivity contribution < 1.29 is 9.90 Å². The molecule has 4 aliphatic carbocycles. The number of carboxylic acids is 1. The van der Waals surface area contributed by atoms with Crippen molar-refractivity contribution in [1.82, 2.24) is 0 Å². The summed E-state index contributed by atoms with van der Waals surface area (Å²) in [6, 6.07) is 2.04. The third-order valence-electron chi connectivity index (χ3n) is 5.78. The molecule has 0 heterocycles. The maximum Gasteiger partial charge on any atom is 0.323 e. The van der Waals surface area contributed by atoms with Crippen molar-refractivity contribution in [3.8, 4) is 6.07 Å². The molecule has 18 heavy (non-hydrogen) atoms. The zero-order valence-electron chi connectivity index (χ0n) is 10.9. The van der Waals surface area contributed by atoms with Crippen LogP contribution in [0.3, 0.4) is 0 Å². The van der Waals surface area contributed by atoms with E-state index in [9.17, 15) is 15.2 Å². The molecular weight excluding hydrogens is 226 g/mol. The fraction of sp³-hybridized carbons (Fsp3) is 0.867. The van der Waals surface area contributed by atoms with E-state index >= 15 is 0 Å². The Labute approximate surface area is 108 Å². The van der Waals surface area contributed by atoms with Gasteiger partial charge in [-0.05, 0) is 75.0 Å². The van der Waals surface area contributed by atoms with Crippen LogP contribution in [0.4, 0.5) is 0 Å². The molecule has 0 radical (unpaired) electrons. The van der Waals surface area contributed by atoms with Crippen LogP contribution >= 0.6 is 0 Å². The minimum absolute atomic E-state index is 0.485. The summed E-state index contributed by atoms with van der Waals surface area (Å²) >= 11 is 0. The van der Waals surface area contributed by atoms with Crippen LogP contribution < -0.4 is 0 Å². The van der Waals surface area contributed by atoms with Gasteiger partial charge in [-0.15, -0.1) is 0 Å². The van der Waals surface area contributed by atoms with Gasteiger partial charge in [-0.2, -0.15) is 5.26 Å². The van der Waals surface area contributed by atoms with Crippen LogP contribution in [0.5, 0.6) is 0 Å². The number of carbonyl (C=O) groups is 1. The smallest absolute Gasteiger partial charge is 0.323 e. The van der Waals surface area contributed by atoms with E-state index in [2.05, 4.69) is 0 Å². The molecule has 4 aliphatic rings. The van der Waals surface area contributed by atoms with Crippen molar-refractivity contribution in [3.05, 3.63) is 0 Å². The van der Waals surface area contributed by atoms with E-state index in [-0.39, 0.29) is 0 Å². The van der Waals surface area contributed by atoms with Crippen LogP contribution in [0.25, 0.3) is 0 Å². The van der Waals surface area contributed by atoms with Gasteiger partial charge in [0.15, 0.2) is 5.41 Å². The Morgan fingerprint density at radius 1 is 1.22 bits per heavy atom. The minimum Gasteiger partial charge on any atom is -0.480 e. The van der Waals surface area contributed by atoms with Gasteiger partial charge in [0.2, 0.25) is 0 Å². The molecule has 4 fully saturated rings. The largest absolute Gasteiger partial charge is 0.480 e. The maximum absolute atomic E-state index is 11.3. The van der Waals surface area contributed by atoms with Crippen molar-refractivity contribution in [2.24, 2.45) is 35.0 Å². The Balaban J connectivity index is 1.78. The lowest BCUT2D eigenvalue weighted by Crippen LogP contribution is -2.47. The van der Waals surface area contributed by atoms with Crippen molar-refractivity contribution in [3.63, 3.8) is 0 Å². The molecule has 1 atom stereocenters. The normalized spacial score (nSPS) is 44.3. The van der Waals surface area contributed by atoms with Gasteiger partial charge < -0.3 is 5.11 Å². The second-order valence-electron chi connectivity index (χ2n) is 7.05. The van der Waals surface area contributed by atoms with Gasteiger partial charge in [-0.25, -0.2) is 0 Å². The van der Waals surface area contributed by atoms with Gasteiger partial charge in [-0.1, -0.05) is 0 Å². The van der Waals surface area contributed by atoms with E-state index in [1.165, 1.54) is 32.1 Å². The Kier molecular flexibility index (Phi) is 2.66. The van der Waals surface area contributed by atoms with Crippen LogP contribution in [-0.2, 0) is 4.79 Å². The standard InChI is InChI=1S/C15H21NO2/c1-15(8-16,14(17)18)7-13-11-3-9-2-10(5-11)6-12(13)4-9/h9-13H,2-7H2,1H3,(H,17,18). The molecule has 0 saturated heterocycles. The molecule has 0 amide bonds. The highest BCUT2D eigenvalue weighted by molar-refractivity contribution is 5.77. The van der Waals surface area contributed by atoms with Crippen LogP contribution in [0, 0.1) is 46.3 Å².